The van der Waals surface area contributed by atoms with Crippen molar-refractivity contribution in [3.63, 3.8) is 0 Å². The third kappa shape index (κ3) is 4.60. The van der Waals surface area contributed by atoms with Gasteiger partial charge >= 0.3 is 0 Å². The first-order valence-corrected chi connectivity index (χ1v) is 11.6. The Bertz CT molecular complexity index is 1080. The molecule has 1 aliphatic carbocycles. The van der Waals surface area contributed by atoms with Crippen LogP contribution in [0.5, 0.6) is 0 Å². The summed E-state index contributed by atoms with van der Waals surface area (Å²) in [6, 6.07) is 2.94. The molecule has 2 N–H and O–H groups in total. The molecular formula is C21H19Cl2F2N3O3S. The lowest BCUT2D eigenvalue weighted by Gasteiger charge is -2.10. The summed E-state index contributed by atoms with van der Waals surface area (Å²) in [6.45, 7) is -0.971. The second kappa shape index (κ2) is 9.72. The number of carbonyl (C=O) groups is 2. The fourth-order valence-corrected chi connectivity index (χ4v) is 5.64. The molecule has 0 saturated carbocycles. The minimum Gasteiger partial charge on any atom is -0.387 e. The topological polar surface area (TPSA) is 79.8 Å². The van der Waals surface area contributed by atoms with Crippen molar-refractivity contribution >= 4 is 52.1 Å². The number of amides is 2. The average molecular weight is 502 g/mol. The molecule has 1 unspecified atom stereocenters. The summed E-state index contributed by atoms with van der Waals surface area (Å²) in [5.74, 6) is -1.47. The van der Waals surface area contributed by atoms with E-state index in [1.165, 1.54) is 23.5 Å². The molecule has 2 amide bonds. The Morgan fingerprint density at radius 3 is 2.62 bits per heavy atom. The van der Waals surface area contributed by atoms with Crippen molar-refractivity contribution in [2.24, 2.45) is 5.16 Å². The summed E-state index contributed by atoms with van der Waals surface area (Å²) in [7, 11) is 0. The van der Waals surface area contributed by atoms with Crippen molar-refractivity contribution in [1.29, 1.82) is 0 Å². The van der Waals surface area contributed by atoms with Crippen molar-refractivity contribution < 1.29 is 23.2 Å². The van der Waals surface area contributed by atoms with Crippen LogP contribution in [0.15, 0.2) is 17.3 Å². The number of benzene rings is 1. The minimum absolute atomic E-state index is 0.0846. The molecule has 1 aromatic carbocycles. The molecule has 1 atom stereocenters. The van der Waals surface area contributed by atoms with E-state index in [0.29, 0.717) is 22.6 Å². The summed E-state index contributed by atoms with van der Waals surface area (Å²) < 4.78 is 25.9. The molecule has 1 aliphatic heterocycles. The minimum atomic E-state index is -0.679. The number of alkyl halides is 1. The van der Waals surface area contributed by atoms with Gasteiger partial charge < -0.3 is 15.5 Å². The SMILES string of the molecule is O=C(CNC(=O)c1sc(C2=NOC(c3cc(Cl)c(F)c(Cl)c3)C2)c2c1CCC2)NCCF. The molecule has 4 rings (SSSR count). The Morgan fingerprint density at radius 2 is 1.91 bits per heavy atom. The zero-order valence-corrected chi connectivity index (χ0v) is 19.1. The molecule has 2 aromatic rings. The third-order valence-electron chi connectivity index (χ3n) is 5.31. The van der Waals surface area contributed by atoms with Crippen LogP contribution < -0.4 is 10.6 Å². The molecule has 0 spiro atoms. The molecule has 32 heavy (non-hydrogen) atoms. The number of nitrogens with zero attached hydrogens (tertiary/aromatic N) is 1. The summed E-state index contributed by atoms with van der Waals surface area (Å²) in [4.78, 5) is 31.4. The monoisotopic (exact) mass is 501 g/mol. The average Bonchev–Trinajstić information content (AvgIpc) is 3.50. The van der Waals surface area contributed by atoms with Gasteiger partial charge in [0.2, 0.25) is 5.91 Å². The Hall–Kier alpha value is -2.23. The Morgan fingerprint density at radius 1 is 1.19 bits per heavy atom. The molecule has 2 heterocycles. The van der Waals surface area contributed by atoms with Crippen molar-refractivity contribution in [2.75, 3.05) is 19.8 Å². The van der Waals surface area contributed by atoms with Gasteiger partial charge in [0.15, 0.2) is 11.9 Å². The van der Waals surface area contributed by atoms with Gasteiger partial charge in [-0.2, -0.15) is 0 Å². The van der Waals surface area contributed by atoms with Crippen LogP contribution in [0.1, 0.15) is 50.2 Å². The maximum absolute atomic E-state index is 13.7. The van der Waals surface area contributed by atoms with E-state index >= 15 is 0 Å². The smallest absolute Gasteiger partial charge is 0.262 e. The molecule has 170 valence electrons. The van der Waals surface area contributed by atoms with Gasteiger partial charge in [0, 0.05) is 13.0 Å². The van der Waals surface area contributed by atoms with E-state index in [4.69, 9.17) is 28.0 Å². The molecule has 11 heteroatoms. The summed E-state index contributed by atoms with van der Waals surface area (Å²) >= 11 is 13.1. The maximum Gasteiger partial charge on any atom is 0.262 e. The second-order valence-electron chi connectivity index (χ2n) is 7.43. The van der Waals surface area contributed by atoms with Gasteiger partial charge in [0.05, 0.1) is 26.3 Å². The highest BCUT2D eigenvalue weighted by molar-refractivity contribution is 7.16. The van der Waals surface area contributed by atoms with Crippen LogP contribution in [0.4, 0.5) is 8.78 Å². The van der Waals surface area contributed by atoms with Crippen LogP contribution in [0.25, 0.3) is 0 Å². The molecule has 1 aromatic heterocycles. The van der Waals surface area contributed by atoms with E-state index in [9.17, 15) is 18.4 Å². The zero-order chi connectivity index (χ0) is 22.8. The first-order valence-electron chi connectivity index (χ1n) is 10.0. The zero-order valence-electron chi connectivity index (χ0n) is 16.8. The maximum atomic E-state index is 13.7. The number of hydrogen-bond donors (Lipinski definition) is 2. The standard InChI is InChI=1S/C21H19Cl2F2N3O3S/c22-13-6-10(7-14(23)18(13)25)16-8-15(28-31-16)19-11-2-1-3-12(11)20(32-19)21(30)27-9-17(29)26-5-4-24/h6-7,16H,1-5,8-9H2,(H,26,29)(H,27,30). The number of carbonyl (C=O) groups excluding carboxylic acids is 2. The van der Waals surface area contributed by atoms with Crippen molar-refractivity contribution in [2.45, 2.75) is 31.8 Å². The van der Waals surface area contributed by atoms with Crippen LogP contribution >= 0.6 is 34.5 Å². The van der Waals surface area contributed by atoms with Crippen LogP contribution in [0, 0.1) is 5.82 Å². The summed E-state index contributed by atoms with van der Waals surface area (Å²) in [6.07, 6.45) is 2.48. The van der Waals surface area contributed by atoms with Gasteiger partial charge in [0.1, 0.15) is 12.4 Å². The largest absolute Gasteiger partial charge is 0.387 e. The van der Waals surface area contributed by atoms with Gasteiger partial charge in [0.25, 0.3) is 5.91 Å². The first-order chi connectivity index (χ1) is 15.4. The highest BCUT2D eigenvalue weighted by Crippen LogP contribution is 2.40. The highest BCUT2D eigenvalue weighted by atomic mass is 35.5. The lowest BCUT2D eigenvalue weighted by Crippen LogP contribution is -2.37. The quantitative estimate of drug-likeness (QED) is 0.553. The number of nitrogens with one attached hydrogen (secondary N) is 2. The predicted octanol–water partition coefficient (Wildman–Crippen LogP) is 4.36. The van der Waals surface area contributed by atoms with Gasteiger partial charge in [-0.1, -0.05) is 28.4 Å². The van der Waals surface area contributed by atoms with E-state index in [-0.39, 0.29) is 29.0 Å². The fourth-order valence-electron chi connectivity index (χ4n) is 3.83. The number of thiophene rings is 1. The van der Waals surface area contributed by atoms with Crippen LogP contribution in [-0.4, -0.2) is 37.3 Å². The van der Waals surface area contributed by atoms with Gasteiger partial charge in [-0.3, -0.25) is 9.59 Å². The van der Waals surface area contributed by atoms with Crippen molar-refractivity contribution in [3.8, 4) is 0 Å². The number of oxime groups is 1. The van der Waals surface area contributed by atoms with Crippen molar-refractivity contribution in [1.82, 2.24) is 10.6 Å². The lowest BCUT2D eigenvalue weighted by atomic mass is 10.0. The van der Waals surface area contributed by atoms with Crippen LogP contribution in [-0.2, 0) is 22.5 Å². The fraction of sp³-hybridized carbons (Fsp3) is 0.381. The normalized spacial score (nSPS) is 17.0. The van der Waals surface area contributed by atoms with E-state index in [1.54, 1.807) is 0 Å². The molecule has 2 aliphatic rings. The van der Waals surface area contributed by atoms with E-state index in [0.717, 1.165) is 35.3 Å². The van der Waals surface area contributed by atoms with E-state index < -0.39 is 24.5 Å². The molecule has 0 fully saturated rings. The van der Waals surface area contributed by atoms with E-state index in [1.807, 2.05) is 0 Å². The highest BCUT2D eigenvalue weighted by Gasteiger charge is 2.32. The predicted molar refractivity (Wildman–Crippen MR) is 119 cm³/mol. The Kier molecular flexibility index (Phi) is 6.97. The van der Waals surface area contributed by atoms with Gasteiger partial charge in [-0.15, -0.1) is 11.3 Å². The van der Waals surface area contributed by atoms with Gasteiger partial charge in [-0.05, 0) is 48.1 Å². The summed E-state index contributed by atoms with van der Waals surface area (Å²) in [5.41, 5.74) is 3.35. The first kappa shape index (κ1) is 22.9. The molecule has 6 nitrogen and oxygen atoms in total. The summed E-state index contributed by atoms with van der Waals surface area (Å²) in [5, 5.41) is 9.01. The van der Waals surface area contributed by atoms with Crippen LogP contribution in [0.3, 0.4) is 0 Å². The second-order valence-corrected chi connectivity index (χ2v) is 9.26. The molecule has 0 radical (unpaired) electrons. The Balaban J connectivity index is 1.49. The molecule has 0 saturated heterocycles. The number of fused-ring (bicyclic) bond motifs is 1. The number of hydrogen-bond acceptors (Lipinski definition) is 5. The lowest BCUT2D eigenvalue weighted by molar-refractivity contribution is -0.120. The molecule has 0 bridgehead atoms. The van der Waals surface area contributed by atoms with E-state index in [2.05, 4.69) is 15.8 Å². The molecular weight excluding hydrogens is 483 g/mol. The Labute approximate surface area is 196 Å². The van der Waals surface area contributed by atoms with Gasteiger partial charge in [-0.25, -0.2) is 8.78 Å². The number of rotatable bonds is 7. The van der Waals surface area contributed by atoms with Crippen molar-refractivity contribution in [3.05, 3.63) is 54.4 Å². The van der Waals surface area contributed by atoms with Crippen LogP contribution in [0.2, 0.25) is 10.0 Å². The third-order valence-corrected chi connectivity index (χ3v) is 7.18. The number of halogens is 4.